The minimum atomic E-state index is -0.775. The number of hydrogen-bond acceptors (Lipinski definition) is 3. The van der Waals surface area contributed by atoms with Gasteiger partial charge in [-0.1, -0.05) is 44.2 Å². The number of rotatable bonds is 7. The summed E-state index contributed by atoms with van der Waals surface area (Å²) in [5, 5.41) is 14.5. The Labute approximate surface area is 129 Å². The van der Waals surface area contributed by atoms with Gasteiger partial charge in [-0.2, -0.15) is 0 Å². The Hall–Kier alpha value is -1.65. The molecule has 1 aromatic carbocycles. The summed E-state index contributed by atoms with van der Waals surface area (Å²) in [6.45, 7) is 4.67. The predicted molar refractivity (Wildman–Crippen MR) is 87.5 cm³/mol. The second kappa shape index (κ2) is 7.38. The fraction of sp³-hybridized carbons (Fsp3) is 0.353. The van der Waals surface area contributed by atoms with Crippen molar-refractivity contribution >= 4 is 17.3 Å². The minimum absolute atomic E-state index is 0.363. The molecule has 0 saturated carbocycles. The van der Waals surface area contributed by atoms with E-state index >= 15 is 0 Å². The Balaban J connectivity index is 1.98. The summed E-state index contributed by atoms with van der Waals surface area (Å²) >= 11 is 1.66. The summed E-state index contributed by atoms with van der Waals surface area (Å²) in [4.78, 5) is 12.4. The maximum Gasteiger partial charge on any atom is 0.320 e. The van der Waals surface area contributed by atoms with E-state index in [1.54, 1.807) is 11.3 Å². The van der Waals surface area contributed by atoms with E-state index in [2.05, 4.69) is 28.9 Å². The molecule has 1 aromatic heterocycles. The van der Waals surface area contributed by atoms with E-state index in [0.717, 1.165) is 4.88 Å². The molecule has 2 rings (SSSR count). The van der Waals surface area contributed by atoms with Gasteiger partial charge < -0.3 is 5.11 Å². The van der Waals surface area contributed by atoms with E-state index in [-0.39, 0.29) is 0 Å². The van der Waals surface area contributed by atoms with Crippen molar-refractivity contribution in [3.63, 3.8) is 0 Å². The van der Waals surface area contributed by atoms with Gasteiger partial charge in [0, 0.05) is 11.4 Å². The van der Waals surface area contributed by atoms with Gasteiger partial charge in [0.2, 0.25) is 0 Å². The van der Waals surface area contributed by atoms with E-state index < -0.39 is 12.0 Å². The second-order valence-electron chi connectivity index (χ2n) is 5.57. The van der Waals surface area contributed by atoms with Crippen molar-refractivity contribution in [1.82, 2.24) is 5.32 Å². The largest absolute Gasteiger partial charge is 0.480 e. The standard InChI is InChI=1S/C17H21NO2S/c1-12(2)8-16(17(19)20)18-10-15-9-14(11-21-15)13-6-4-3-5-7-13/h3-7,9,11-12,16,18H,8,10H2,1-2H3,(H,19,20)/t16-/m0/s1. The molecule has 2 aromatic rings. The molecule has 21 heavy (non-hydrogen) atoms. The fourth-order valence-electron chi connectivity index (χ4n) is 2.22. The molecule has 0 aliphatic carbocycles. The molecule has 4 heteroatoms. The lowest BCUT2D eigenvalue weighted by atomic mass is 10.0. The molecule has 1 atom stereocenters. The quantitative estimate of drug-likeness (QED) is 0.812. The third-order valence-electron chi connectivity index (χ3n) is 3.29. The fourth-order valence-corrected chi connectivity index (χ4v) is 3.07. The summed E-state index contributed by atoms with van der Waals surface area (Å²) in [6.07, 6.45) is 0.645. The average Bonchev–Trinajstić information content (AvgIpc) is 2.92. The highest BCUT2D eigenvalue weighted by Gasteiger charge is 2.18. The highest BCUT2D eigenvalue weighted by atomic mass is 32.1. The minimum Gasteiger partial charge on any atom is -0.480 e. The summed E-state index contributed by atoms with van der Waals surface area (Å²) in [5.41, 5.74) is 2.38. The smallest absolute Gasteiger partial charge is 0.320 e. The van der Waals surface area contributed by atoms with Crippen LogP contribution in [0.4, 0.5) is 0 Å². The number of carboxylic acids is 1. The molecule has 2 N–H and O–H groups in total. The first kappa shape index (κ1) is 15.7. The van der Waals surface area contributed by atoms with E-state index in [0.29, 0.717) is 18.9 Å². The molecule has 3 nitrogen and oxygen atoms in total. The highest BCUT2D eigenvalue weighted by molar-refractivity contribution is 7.10. The summed E-state index contributed by atoms with van der Waals surface area (Å²) in [6, 6.07) is 11.9. The van der Waals surface area contributed by atoms with Crippen LogP contribution in [0.15, 0.2) is 41.8 Å². The van der Waals surface area contributed by atoms with Crippen molar-refractivity contribution in [2.45, 2.75) is 32.9 Å². The molecule has 0 bridgehead atoms. The van der Waals surface area contributed by atoms with Crippen molar-refractivity contribution in [3.05, 3.63) is 46.7 Å². The number of carboxylic acid groups (broad SMARTS) is 1. The topological polar surface area (TPSA) is 49.3 Å². The SMILES string of the molecule is CC(C)C[C@H](NCc1cc(-c2ccccc2)cs1)C(=O)O. The number of hydrogen-bond donors (Lipinski definition) is 2. The summed E-state index contributed by atoms with van der Waals surface area (Å²) in [5.74, 6) is -0.412. The lowest BCUT2D eigenvalue weighted by Crippen LogP contribution is -2.37. The van der Waals surface area contributed by atoms with E-state index in [9.17, 15) is 9.90 Å². The van der Waals surface area contributed by atoms with E-state index in [1.807, 2.05) is 32.0 Å². The Morgan fingerprint density at radius 2 is 1.95 bits per heavy atom. The van der Waals surface area contributed by atoms with Crippen LogP contribution in [-0.4, -0.2) is 17.1 Å². The van der Waals surface area contributed by atoms with Crippen LogP contribution >= 0.6 is 11.3 Å². The lowest BCUT2D eigenvalue weighted by molar-refractivity contribution is -0.140. The molecule has 0 amide bonds. The Kier molecular flexibility index (Phi) is 5.53. The second-order valence-corrected chi connectivity index (χ2v) is 6.56. The van der Waals surface area contributed by atoms with Gasteiger partial charge in [0.05, 0.1) is 0 Å². The van der Waals surface area contributed by atoms with Crippen LogP contribution in [0.5, 0.6) is 0 Å². The average molecular weight is 303 g/mol. The summed E-state index contributed by atoms with van der Waals surface area (Å²) in [7, 11) is 0. The Morgan fingerprint density at radius 1 is 1.24 bits per heavy atom. The zero-order valence-electron chi connectivity index (χ0n) is 12.4. The molecule has 0 radical (unpaired) electrons. The maximum atomic E-state index is 11.2. The van der Waals surface area contributed by atoms with Crippen LogP contribution in [0.1, 0.15) is 25.1 Å². The Bertz CT molecular complexity index is 577. The van der Waals surface area contributed by atoms with Crippen LogP contribution in [0, 0.1) is 5.92 Å². The van der Waals surface area contributed by atoms with Crippen molar-refractivity contribution in [2.75, 3.05) is 0 Å². The van der Waals surface area contributed by atoms with E-state index in [4.69, 9.17) is 0 Å². The number of thiophene rings is 1. The number of carbonyl (C=O) groups is 1. The zero-order valence-corrected chi connectivity index (χ0v) is 13.2. The normalized spacial score (nSPS) is 12.5. The van der Waals surface area contributed by atoms with Gasteiger partial charge in [-0.15, -0.1) is 11.3 Å². The van der Waals surface area contributed by atoms with Gasteiger partial charge in [-0.3, -0.25) is 10.1 Å². The molecule has 0 fully saturated rings. The van der Waals surface area contributed by atoms with E-state index in [1.165, 1.54) is 11.1 Å². The highest BCUT2D eigenvalue weighted by Crippen LogP contribution is 2.25. The third-order valence-corrected chi connectivity index (χ3v) is 4.23. The monoisotopic (exact) mass is 303 g/mol. The first-order valence-electron chi connectivity index (χ1n) is 7.15. The number of nitrogens with one attached hydrogen (secondary N) is 1. The van der Waals surface area contributed by atoms with Crippen molar-refractivity contribution in [3.8, 4) is 11.1 Å². The van der Waals surface area contributed by atoms with Crippen LogP contribution < -0.4 is 5.32 Å². The molecule has 0 aliphatic rings. The molecule has 0 unspecified atom stereocenters. The molecular weight excluding hydrogens is 282 g/mol. The van der Waals surface area contributed by atoms with Crippen molar-refractivity contribution in [1.29, 1.82) is 0 Å². The first-order chi connectivity index (χ1) is 10.1. The molecular formula is C17H21NO2S. The number of aliphatic carboxylic acids is 1. The molecule has 112 valence electrons. The van der Waals surface area contributed by atoms with Crippen molar-refractivity contribution in [2.24, 2.45) is 5.92 Å². The summed E-state index contributed by atoms with van der Waals surface area (Å²) < 4.78 is 0. The van der Waals surface area contributed by atoms with Gasteiger partial charge in [0.15, 0.2) is 0 Å². The van der Waals surface area contributed by atoms with Crippen molar-refractivity contribution < 1.29 is 9.90 Å². The molecule has 0 spiro atoms. The van der Waals surface area contributed by atoms with Crippen LogP contribution in [0.3, 0.4) is 0 Å². The van der Waals surface area contributed by atoms with Gasteiger partial charge in [-0.25, -0.2) is 0 Å². The lowest BCUT2D eigenvalue weighted by Gasteiger charge is -2.15. The van der Waals surface area contributed by atoms with Gasteiger partial charge in [0.1, 0.15) is 6.04 Å². The predicted octanol–water partition coefficient (Wildman–Crippen LogP) is 4.00. The first-order valence-corrected chi connectivity index (χ1v) is 8.03. The van der Waals surface area contributed by atoms with Gasteiger partial charge in [0.25, 0.3) is 0 Å². The van der Waals surface area contributed by atoms with Crippen LogP contribution in [-0.2, 0) is 11.3 Å². The Morgan fingerprint density at radius 3 is 2.57 bits per heavy atom. The van der Waals surface area contributed by atoms with Gasteiger partial charge in [-0.05, 0) is 34.9 Å². The van der Waals surface area contributed by atoms with Gasteiger partial charge >= 0.3 is 5.97 Å². The van der Waals surface area contributed by atoms with Crippen LogP contribution in [0.25, 0.3) is 11.1 Å². The van der Waals surface area contributed by atoms with Crippen LogP contribution in [0.2, 0.25) is 0 Å². The zero-order chi connectivity index (χ0) is 15.2. The maximum absolute atomic E-state index is 11.2. The molecule has 0 aliphatic heterocycles. The molecule has 0 saturated heterocycles. The molecule has 1 heterocycles. The third kappa shape index (κ3) is 4.69. The number of benzene rings is 1.